The van der Waals surface area contributed by atoms with Crippen LogP contribution in [0.3, 0.4) is 0 Å². The fourth-order valence-electron chi connectivity index (χ4n) is 3.42. The molecule has 0 aromatic heterocycles. The molecule has 4 heteroatoms. The monoisotopic (exact) mass is 308 g/mol. The molecule has 1 aromatic carbocycles. The zero-order valence-corrected chi connectivity index (χ0v) is 13.4. The second kappa shape index (κ2) is 7.92. The summed E-state index contributed by atoms with van der Waals surface area (Å²) in [5.74, 6) is 0.462. The maximum Gasteiger partial charge on any atom is 0.133 e. The van der Waals surface area contributed by atoms with Gasteiger partial charge in [0.1, 0.15) is 5.78 Å². The first-order valence-corrected chi connectivity index (χ1v) is 7.83. The maximum absolute atomic E-state index is 11.3. The Morgan fingerprint density at radius 3 is 2.19 bits per heavy atom. The van der Waals surface area contributed by atoms with Gasteiger partial charge in [-0.25, -0.2) is 0 Å². The van der Waals surface area contributed by atoms with Crippen LogP contribution >= 0.6 is 12.4 Å². The number of carbonyl (C=O) groups is 1. The largest absolute Gasteiger partial charge is 0.300 e. The molecule has 0 bridgehead atoms. The smallest absolute Gasteiger partial charge is 0.133 e. The van der Waals surface area contributed by atoms with Crippen LogP contribution in [0.5, 0.6) is 0 Å². The Balaban J connectivity index is 0.00000161. The van der Waals surface area contributed by atoms with Crippen molar-refractivity contribution in [3.05, 3.63) is 35.9 Å². The Hall–Kier alpha value is -0.900. The van der Waals surface area contributed by atoms with Crippen molar-refractivity contribution in [2.75, 3.05) is 26.2 Å². The predicted octanol–water partition coefficient (Wildman–Crippen LogP) is 2.74. The van der Waals surface area contributed by atoms with Crippen molar-refractivity contribution in [3.8, 4) is 0 Å². The highest BCUT2D eigenvalue weighted by Crippen LogP contribution is 2.22. The Bertz CT molecular complexity index is 433. The number of rotatable bonds is 3. The molecule has 1 aliphatic heterocycles. The van der Waals surface area contributed by atoms with E-state index in [1.54, 1.807) is 0 Å². The van der Waals surface area contributed by atoms with Gasteiger partial charge in [0.15, 0.2) is 0 Å². The molecular formula is C17H25ClN2O. The van der Waals surface area contributed by atoms with Crippen LogP contribution in [0.15, 0.2) is 30.3 Å². The minimum absolute atomic E-state index is 0. The van der Waals surface area contributed by atoms with Gasteiger partial charge in [-0.3, -0.25) is 14.6 Å². The second-order valence-corrected chi connectivity index (χ2v) is 6.07. The Kier molecular flexibility index (Phi) is 6.22. The zero-order chi connectivity index (χ0) is 13.8. The molecule has 0 N–H and O–H groups in total. The van der Waals surface area contributed by atoms with E-state index >= 15 is 0 Å². The first kappa shape index (κ1) is 16.5. The number of carbonyl (C=O) groups excluding carboxylic acids is 1. The van der Waals surface area contributed by atoms with E-state index in [2.05, 4.69) is 40.1 Å². The molecule has 0 unspecified atom stereocenters. The lowest BCUT2D eigenvalue weighted by Crippen LogP contribution is -2.50. The topological polar surface area (TPSA) is 23.6 Å². The third-order valence-electron chi connectivity index (χ3n) is 4.69. The fourth-order valence-corrected chi connectivity index (χ4v) is 3.42. The summed E-state index contributed by atoms with van der Waals surface area (Å²) >= 11 is 0. The Morgan fingerprint density at radius 1 is 0.952 bits per heavy atom. The summed E-state index contributed by atoms with van der Waals surface area (Å²) in [4.78, 5) is 16.5. The molecule has 0 atom stereocenters. The molecule has 3 nitrogen and oxygen atoms in total. The molecule has 1 saturated heterocycles. The van der Waals surface area contributed by atoms with Crippen LogP contribution in [0.25, 0.3) is 0 Å². The highest BCUT2D eigenvalue weighted by atomic mass is 35.5. The van der Waals surface area contributed by atoms with E-state index in [1.165, 1.54) is 5.56 Å². The molecule has 116 valence electrons. The number of Topliss-reactive ketones (excluding diaryl/α,β-unsaturated/α-hetero) is 1. The molecule has 1 heterocycles. The highest BCUT2D eigenvalue weighted by Gasteiger charge is 2.27. The average molecular weight is 309 g/mol. The SMILES string of the molecule is Cl.O=C1CCC(N2CCN(Cc3ccccc3)CC2)CC1. The first-order chi connectivity index (χ1) is 9.81. The molecule has 0 spiro atoms. The minimum Gasteiger partial charge on any atom is -0.300 e. The lowest BCUT2D eigenvalue weighted by atomic mass is 9.93. The van der Waals surface area contributed by atoms with Crippen LogP contribution in [0, 0.1) is 0 Å². The van der Waals surface area contributed by atoms with Crippen molar-refractivity contribution in [2.45, 2.75) is 38.3 Å². The summed E-state index contributed by atoms with van der Waals surface area (Å²) in [5.41, 5.74) is 1.41. The van der Waals surface area contributed by atoms with Crippen molar-refractivity contribution in [1.29, 1.82) is 0 Å². The molecular weight excluding hydrogens is 284 g/mol. The van der Waals surface area contributed by atoms with Crippen LogP contribution in [-0.2, 0) is 11.3 Å². The van der Waals surface area contributed by atoms with Gasteiger partial charge in [-0.1, -0.05) is 30.3 Å². The van der Waals surface area contributed by atoms with E-state index in [0.717, 1.165) is 58.4 Å². The summed E-state index contributed by atoms with van der Waals surface area (Å²) in [5, 5.41) is 0. The van der Waals surface area contributed by atoms with Crippen LogP contribution < -0.4 is 0 Å². The fraction of sp³-hybridized carbons (Fsp3) is 0.588. The molecule has 2 aliphatic rings. The van der Waals surface area contributed by atoms with Crippen LogP contribution in [0.4, 0.5) is 0 Å². The predicted molar refractivity (Wildman–Crippen MR) is 87.8 cm³/mol. The highest BCUT2D eigenvalue weighted by molar-refractivity contribution is 5.85. The molecule has 0 amide bonds. The third kappa shape index (κ3) is 4.53. The number of benzene rings is 1. The van der Waals surface area contributed by atoms with Gasteiger partial charge in [-0.15, -0.1) is 12.4 Å². The van der Waals surface area contributed by atoms with Gasteiger partial charge in [0, 0.05) is 51.6 Å². The maximum atomic E-state index is 11.3. The van der Waals surface area contributed by atoms with Gasteiger partial charge in [-0.2, -0.15) is 0 Å². The lowest BCUT2D eigenvalue weighted by Gasteiger charge is -2.40. The molecule has 1 aliphatic carbocycles. The minimum atomic E-state index is 0. The molecule has 1 saturated carbocycles. The summed E-state index contributed by atoms with van der Waals surface area (Å²) < 4.78 is 0. The van der Waals surface area contributed by atoms with Gasteiger partial charge in [0.05, 0.1) is 0 Å². The summed E-state index contributed by atoms with van der Waals surface area (Å²) in [7, 11) is 0. The lowest BCUT2D eigenvalue weighted by molar-refractivity contribution is -0.121. The number of piperazine rings is 1. The van der Waals surface area contributed by atoms with Crippen LogP contribution in [0.2, 0.25) is 0 Å². The van der Waals surface area contributed by atoms with Gasteiger partial charge >= 0.3 is 0 Å². The summed E-state index contributed by atoms with van der Waals surface area (Å²) in [6.07, 6.45) is 3.76. The number of ketones is 1. The summed E-state index contributed by atoms with van der Waals surface area (Å²) in [6.45, 7) is 5.69. The molecule has 0 radical (unpaired) electrons. The van der Waals surface area contributed by atoms with Crippen molar-refractivity contribution < 1.29 is 4.79 Å². The van der Waals surface area contributed by atoms with E-state index in [0.29, 0.717) is 11.8 Å². The molecule has 2 fully saturated rings. The Morgan fingerprint density at radius 2 is 1.57 bits per heavy atom. The standard InChI is InChI=1S/C17H24N2O.ClH/c20-17-8-6-16(7-9-17)19-12-10-18(11-13-19)14-15-4-2-1-3-5-15;/h1-5,16H,6-14H2;1H. The van der Waals surface area contributed by atoms with Gasteiger partial charge in [0.25, 0.3) is 0 Å². The molecule has 3 rings (SSSR count). The van der Waals surface area contributed by atoms with E-state index in [9.17, 15) is 4.79 Å². The van der Waals surface area contributed by atoms with Gasteiger partial charge in [-0.05, 0) is 18.4 Å². The van der Waals surface area contributed by atoms with Gasteiger partial charge in [0.2, 0.25) is 0 Å². The van der Waals surface area contributed by atoms with E-state index in [1.807, 2.05) is 0 Å². The average Bonchev–Trinajstić information content (AvgIpc) is 2.50. The first-order valence-electron chi connectivity index (χ1n) is 7.83. The van der Waals surface area contributed by atoms with Crippen molar-refractivity contribution >= 4 is 18.2 Å². The molecule has 1 aromatic rings. The van der Waals surface area contributed by atoms with Crippen molar-refractivity contribution in [2.24, 2.45) is 0 Å². The number of halogens is 1. The zero-order valence-electron chi connectivity index (χ0n) is 12.5. The normalized spacial score (nSPS) is 22.0. The van der Waals surface area contributed by atoms with Crippen molar-refractivity contribution in [3.63, 3.8) is 0 Å². The number of hydrogen-bond donors (Lipinski definition) is 0. The van der Waals surface area contributed by atoms with E-state index in [4.69, 9.17) is 0 Å². The van der Waals surface area contributed by atoms with Gasteiger partial charge < -0.3 is 0 Å². The summed E-state index contributed by atoms with van der Waals surface area (Å²) in [6, 6.07) is 11.4. The van der Waals surface area contributed by atoms with Crippen LogP contribution in [0.1, 0.15) is 31.2 Å². The molecule has 21 heavy (non-hydrogen) atoms. The second-order valence-electron chi connectivity index (χ2n) is 6.07. The third-order valence-corrected chi connectivity index (χ3v) is 4.69. The number of nitrogens with zero attached hydrogens (tertiary/aromatic N) is 2. The quantitative estimate of drug-likeness (QED) is 0.858. The van der Waals surface area contributed by atoms with E-state index in [-0.39, 0.29) is 12.4 Å². The van der Waals surface area contributed by atoms with Crippen molar-refractivity contribution in [1.82, 2.24) is 9.80 Å². The van der Waals surface area contributed by atoms with Crippen LogP contribution in [-0.4, -0.2) is 47.8 Å². The van der Waals surface area contributed by atoms with E-state index < -0.39 is 0 Å². The Labute approximate surface area is 133 Å². The number of hydrogen-bond acceptors (Lipinski definition) is 3.